The first-order chi connectivity index (χ1) is 7.72. The first kappa shape index (κ1) is 12.4. The van der Waals surface area contributed by atoms with E-state index in [0.717, 1.165) is 24.3 Å². The Hall–Kier alpha value is -1.67. The molecule has 0 unspecified atom stereocenters. The van der Waals surface area contributed by atoms with E-state index in [1.807, 2.05) is 24.3 Å². The van der Waals surface area contributed by atoms with Crippen molar-refractivity contribution in [3.63, 3.8) is 0 Å². The van der Waals surface area contributed by atoms with Crippen LogP contribution in [0.2, 0.25) is 0 Å². The molecule has 0 bridgehead atoms. The number of ether oxygens (including phenoxy) is 1. The van der Waals surface area contributed by atoms with Crippen LogP contribution in [0, 0.1) is 5.92 Å². The van der Waals surface area contributed by atoms with Gasteiger partial charge in [-0.15, -0.1) is 0 Å². The van der Waals surface area contributed by atoms with Crippen molar-refractivity contribution in [2.45, 2.75) is 26.8 Å². The van der Waals surface area contributed by atoms with Crippen LogP contribution in [0.15, 0.2) is 29.4 Å². The van der Waals surface area contributed by atoms with Crippen LogP contribution in [-0.2, 0) is 6.54 Å². The van der Waals surface area contributed by atoms with Crippen LogP contribution in [0.4, 0.5) is 0 Å². The van der Waals surface area contributed by atoms with Crippen molar-refractivity contribution in [3.8, 4) is 5.75 Å². The van der Waals surface area contributed by atoms with Crippen LogP contribution in [0.1, 0.15) is 25.8 Å². The normalized spacial score (nSPS) is 9.94. The molecular weight excluding hydrogens is 202 g/mol. The van der Waals surface area contributed by atoms with Crippen LogP contribution in [0.25, 0.3) is 10.4 Å². The van der Waals surface area contributed by atoms with Gasteiger partial charge in [-0.05, 0) is 35.6 Å². The SMILES string of the molecule is CC(C)CCOc1ccc(CN=[N+]=[N-])cc1. The van der Waals surface area contributed by atoms with Crippen LogP contribution in [0.3, 0.4) is 0 Å². The molecule has 4 nitrogen and oxygen atoms in total. The second kappa shape index (κ2) is 6.75. The molecule has 86 valence electrons. The number of benzene rings is 1. The largest absolute Gasteiger partial charge is 0.494 e. The highest BCUT2D eigenvalue weighted by Crippen LogP contribution is 2.13. The molecule has 0 aliphatic rings. The van der Waals surface area contributed by atoms with Crippen molar-refractivity contribution in [2.24, 2.45) is 11.0 Å². The summed E-state index contributed by atoms with van der Waals surface area (Å²) in [5.74, 6) is 1.52. The minimum Gasteiger partial charge on any atom is -0.494 e. The molecule has 0 saturated heterocycles. The lowest BCUT2D eigenvalue weighted by Gasteiger charge is -2.08. The lowest BCUT2D eigenvalue weighted by Crippen LogP contribution is -2.01. The average Bonchev–Trinajstić information content (AvgIpc) is 2.27. The Morgan fingerprint density at radius 3 is 2.56 bits per heavy atom. The number of hydrogen-bond acceptors (Lipinski definition) is 2. The lowest BCUT2D eigenvalue weighted by molar-refractivity contribution is 0.289. The fraction of sp³-hybridized carbons (Fsp3) is 0.500. The maximum absolute atomic E-state index is 8.18. The van der Waals surface area contributed by atoms with Crippen molar-refractivity contribution in [2.75, 3.05) is 6.61 Å². The van der Waals surface area contributed by atoms with E-state index in [1.54, 1.807) is 0 Å². The second-order valence-corrected chi connectivity index (χ2v) is 4.06. The standard InChI is InChI=1S/C12H17N3O/c1-10(2)7-8-16-12-5-3-11(4-6-12)9-14-15-13/h3-6,10H,7-9H2,1-2H3. The van der Waals surface area contributed by atoms with Gasteiger partial charge in [-0.2, -0.15) is 0 Å². The number of hydrogen-bond donors (Lipinski definition) is 0. The number of nitrogens with zero attached hydrogens (tertiary/aromatic N) is 3. The van der Waals surface area contributed by atoms with Crippen LogP contribution in [-0.4, -0.2) is 6.61 Å². The summed E-state index contributed by atoms with van der Waals surface area (Å²) in [5.41, 5.74) is 9.18. The Morgan fingerprint density at radius 1 is 1.31 bits per heavy atom. The Kier molecular flexibility index (Phi) is 5.23. The van der Waals surface area contributed by atoms with E-state index in [2.05, 4.69) is 23.9 Å². The third kappa shape index (κ3) is 4.71. The molecule has 0 heterocycles. The third-order valence-electron chi connectivity index (χ3n) is 2.20. The molecule has 0 fully saturated rings. The fourth-order valence-corrected chi connectivity index (χ4v) is 1.22. The molecule has 0 radical (unpaired) electrons. The monoisotopic (exact) mass is 219 g/mol. The summed E-state index contributed by atoms with van der Waals surface area (Å²) in [6, 6.07) is 7.64. The highest BCUT2D eigenvalue weighted by molar-refractivity contribution is 5.27. The quantitative estimate of drug-likeness (QED) is 0.406. The molecule has 4 heteroatoms. The van der Waals surface area contributed by atoms with Gasteiger partial charge < -0.3 is 4.74 Å². The van der Waals surface area contributed by atoms with E-state index < -0.39 is 0 Å². The second-order valence-electron chi connectivity index (χ2n) is 4.06. The smallest absolute Gasteiger partial charge is 0.119 e. The fourth-order valence-electron chi connectivity index (χ4n) is 1.22. The topological polar surface area (TPSA) is 58.0 Å². The Bertz CT molecular complexity index is 353. The molecule has 16 heavy (non-hydrogen) atoms. The molecule has 0 spiro atoms. The van der Waals surface area contributed by atoms with E-state index in [9.17, 15) is 0 Å². The summed E-state index contributed by atoms with van der Waals surface area (Å²) >= 11 is 0. The third-order valence-corrected chi connectivity index (χ3v) is 2.20. The molecule has 0 aliphatic carbocycles. The zero-order valence-electron chi connectivity index (χ0n) is 9.76. The Labute approximate surface area is 95.9 Å². The van der Waals surface area contributed by atoms with Crippen molar-refractivity contribution in [1.29, 1.82) is 0 Å². The van der Waals surface area contributed by atoms with E-state index >= 15 is 0 Å². The van der Waals surface area contributed by atoms with E-state index in [-0.39, 0.29) is 0 Å². The van der Waals surface area contributed by atoms with Gasteiger partial charge in [0.1, 0.15) is 5.75 Å². The Balaban J connectivity index is 2.41. The average molecular weight is 219 g/mol. The van der Waals surface area contributed by atoms with Gasteiger partial charge in [0.05, 0.1) is 13.2 Å². The van der Waals surface area contributed by atoms with Gasteiger partial charge in [0.25, 0.3) is 0 Å². The van der Waals surface area contributed by atoms with Crippen LogP contribution < -0.4 is 4.74 Å². The molecule has 1 rings (SSSR count). The minimum atomic E-state index is 0.392. The summed E-state index contributed by atoms with van der Waals surface area (Å²) < 4.78 is 5.57. The van der Waals surface area contributed by atoms with Crippen LogP contribution in [0.5, 0.6) is 5.75 Å². The summed E-state index contributed by atoms with van der Waals surface area (Å²) in [6.07, 6.45) is 1.06. The maximum Gasteiger partial charge on any atom is 0.119 e. The molecule has 0 aliphatic heterocycles. The van der Waals surface area contributed by atoms with Gasteiger partial charge in [-0.1, -0.05) is 31.1 Å². The highest BCUT2D eigenvalue weighted by atomic mass is 16.5. The summed E-state index contributed by atoms with van der Waals surface area (Å²) in [5, 5.41) is 3.50. The van der Waals surface area contributed by atoms with Crippen molar-refractivity contribution in [3.05, 3.63) is 40.3 Å². The molecule has 0 N–H and O–H groups in total. The first-order valence-electron chi connectivity index (χ1n) is 5.45. The Morgan fingerprint density at radius 2 is 2.00 bits per heavy atom. The molecule has 0 atom stereocenters. The molecule has 0 amide bonds. The van der Waals surface area contributed by atoms with Gasteiger partial charge in [0.15, 0.2) is 0 Å². The molecule has 0 aromatic heterocycles. The van der Waals surface area contributed by atoms with E-state index in [0.29, 0.717) is 12.5 Å². The highest BCUT2D eigenvalue weighted by Gasteiger charge is 1.97. The summed E-state index contributed by atoms with van der Waals surface area (Å²) in [6.45, 7) is 5.48. The molecule has 1 aromatic carbocycles. The minimum absolute atomic E-state index is 0.392. The van der Waals surface area contributed by atoms with Gasteiger partial charge in [-0.25, -0.2) is 0 Å². The molecule has 1 aromatic rings. The lowest BCUT2D eigenvalue weighted by atomic mass is 10.1. The predicted octanol–water partition coefficient (Wildman–Crippen LogP) is 3.92. The zero-order valence-corrected chi connectivity index (χ0v) is 9.76. The van der Waals surface area contributed by atoms with Gasteiger partial charge in [-0.3, -0.25) is 0 Å². The number of azide groups is 1. The first-order valence-corrected chi connectivity index (χ1v) is 5.45. The predicted molar refractivity (Wildman–Crippen MR) is 64.2 cm³/mol. The van der Waals surface area contributed by atoms with Crippen molar-refractivity contribution in [1.82, 2.24) is 0 Å². The molecular formula is C12H17N3O. The van der Waals surface area contributed by atoms with Gasteiger partial charge in [0.2, 0.25) is 0 Å². The van der Waals surface area contributed by atoms with Crippen LogP contribution >= 0.6 is 0 Å². The summed E-state index contributed by atoms with van der Waals surface area (Å²) in [7, 11) is 0. The van der Waals surface area contributed by atoms with Gasteiger partial charge in [0, 0.05) is 4.91 Å². The van der Waals surface area contributed by atoms with Crippen molar-refractivity contribution < 1.29 is 4.74 Å². The number of rotatable bonds is 6. The van der Waals surface area contributed by atoms with E-state index in [4.69, 9.17) is 10.3 Å². The van der Waals surface area contributed by atoms with E-state index in [1.165, 1.54) is 0 Å². The molecule has 0 saturated carbocycles. The maximum atomic E-state index is 8.18. The zero-order chi connectivity index (χ0) is 11.8. The van der Waals surface area contributed by atoms with Crippen molar-refractivity contribution >= 4 is 0 Å². The van der Waals surface area contributed by atoms with Gasteiger partial charge >= 0.3 is 0 Å². The summed E-state index contributed by atoms with van der Waals surface area (Å²) in [4.78, 5) is 2.72.